The quantitative estimate of drug-likeness (QED) is 0.565. The van der Waals surface area contributed by atoms with Crippen molar-refractivity contribution in [2.24, 2.45) is 0 Å². The lowest BCUT2D eigenvalue weighted by Gasteiger charge is -2.06. The Bertz CT molecular complexity index is 456. The minimum atomic E-state index is -0.310. The molecule has 1 aliphatic heterocycles. The van der Waals surface area contributed by atoms with E-state index in [2.05, 4.69) is 0 Å². The largest absolute Gasteiger partial charge is 0.496 e. The average molecular weight is 218 g/mol. The highest BCUT2D eigenvalue weighted by Crippen LogP contribution is 2.37. The molecule has 1 aromatic carbocycles. The Morgan fingerprint density at radius 3 is 2.81 bits per heavy atom. The molecule has 0 bridgehead atoms. The maximum Gasteiger partial charge on any atom is 0.343 e. The summed E-state index contributed by atoms with van der Waals surface area (Å²) in [5, 5.41) is 0. The molecule has 0 fully saturated rings. The molecule has 0 aliphatic carbocycles. The van der Waals surface area contributed by atoms with Crippen LogP contribution in [0.3, 0.4) is 0 Å². The van der Waals surface area contributed by atoms with Crippen LogP contribution in [0.5, 0.6) is 5.75 Å². The van der Waals surface area contributed by atoms with Crippen LogP contribution in [0.15, 0.2) is 29.8 Å². The third-order valence-corrected chi connectivity index (χ3v) is 2.51. The molecular weight excluding hydrogens is 204 g/mol. The minimum absolute atomic E-state index is 0.275. The summed E-state index contributed by atoms with van der Waals surface area (Å²) in [6, 6.07) is 5.53. The molecule has 84 valence electrons. The van der Waals surface area contributed by atoms with E-state index in [1.807, 2.05) is 32.1 Å². The Morgan fingerprint density at radius 1 is 1.44 bits per heavy atom. The molecule has 0 spiro atoms. The fourth-order valence-corrected chi connectivity index (χ4v) is 1.84. The number of esters is 1. The molecule has 1 aliphatic rings. The van der Waals surface area contributed by atoms with Gasteiger partial charge >= 0.3 is 5.97 Å². The van der Waals surface area contributed by atoms with Crippen LogP contribution in [0.1, 0.15) is 35.9 Å². The Kier molecular flexibility index (Phi) is 2.69. The monoisotopic (exact) mass is 218 g/mol. The SMILES string of the molecule is COc1cccc2c1C(=O)OC2C=C(C)C. The molecule has 1 aromatic rings. The molecule has 3 heteroatoms. The van der Waals surface area contributed by atoms with E-state index in [9.17, 15) is 4.79 Å². The summed E-state index contributed by atoms with van der Waals surface area (Å²) >= 11 is 0. The van der Waals surface area contributed by atoms with Crippen molar-refractivity contribution in [3.05, 3.63) is 41.0 Å². The van der Waals surface area contributed by atoms with E-state index in [0.29, 0.717) is 11.3 Å². The Labute approximate surface area is 94.7 Å². The van der Waals surface area contributed by atoms with Gasteiger partial charge in [0.1, 0.15) is 17.4 Å². The highest BCUT2D eigenvalue weighted by atomic mass is 16.6. The zero-order chi connectivity index (χ0) is 11.7. The molecule has 0 radical (unpaired) electrons. The van der Waals surface area contributed by atoms with Gasteiger partial charge in [-0.3, -0.25) is 0 Å². The fourth-order valence-electron chi connectivity index (χ4n) is 1.84. The highest BCUT2D eigenvalue weighted by molar-refractivity contribution is 5.97. The third-order valence-electron chi connectivity index (χ3n) is 2.51. The second-order valence-electron chi connectivity index (χ2n) is 3.99. The lowest BCUT2D eigenvalue weighted by molar-refractivity contribution is 0.0464. The smallest absolute Gasteiger partial charge is 0.343 e. The zero-order valence-electron chi connectivity index (χ0n) is 9.61. The summed E-state index contributed by atoms with van der Waals surface area (Å²) in [6.07, 6.45) is 1.66. The van der Waals surface area contributed by atoms with Crippen LogP contribution in [0, 0.1) is 0 Å². The van der Waals surface area contributed by atoms with Crippen LogP contribution in [0.2, 0.25) is 0 Å². The van der Waals surface area contributed by atoms with Gasteiger partial charge in [-0.15, -0.1) is 0 Å². The van der Waals surface area contributed by atoms with Crippen LogP contribution in [-0.2, 0) is 4.74 Å². The molecule has 1 unspecified atom stereocenters. The first-order chi connectivity index (χ1) is 7.63. The molecule has 3 nitrogen and oxygen atoms in total. The van der Waals surface area contributed by atoms with Crippen molar-refractivity contribution in [1.29, 1.82) is 0 Å². The molecule has 0 N–H and O–H groups in total. The van der Waals surface area contributed by atoms with E-state index < -0.39 is 0 Å². The van der Waals surface area contributed by atoms with Crippen molar-refractivity contribution in [2.45, 2.75) is 20.0 Å². The summed E-state index contributed by atoms with van der Waals surface area (Å²) in [4.78, 5) is 11.7. The van der Waals surface area contributed by atoms with E-state index in [1.54, 1.807) is 13.2 Å². The van der Waals surface area contributed by atoms with Gasteiger partial charge in [-0.2, -0.15) is 0 Å². The molecule has 0 aromatic heterocycles. The Hall–Kier alpha value is -1.77. The fraction of sp³-hybridized carbons (Fsp3) is 0.308. The lowest BCUT2D eigenvalue weighted by Crippen LogP contribution is -1.98. The maximum absolute atomic E-state index is 11.7. The molecule has 1 atom stereocenters. The second-order valence-corrected chi connectivity index (χ2v) is 3.99. The summed E-state index contributed by atoms with van der Waals surface area (Å²) in [7, 11) is 1.55. The number of fused-ring (bicyclic) bond motifs is 1. The predicted octanol–water partition coefficient (Wildman–Crippen LogP) is 2.87. The topological polar surface area (TPSA) is 35.5 Å². The third kappa shape index (κ3) is 1.69. The summed E-state index contributed by atoms with van der Waals surface area (Å²) in [6.45, 7) is 3.96. The number of rotatable bonds is 2. The molecule has 0 amide bonds. The predicted molar refractivity (Wildman–Crippen MR) is 60.6 cm³/mol. The molecule has 16 heavy (non-hydrogen) atoms. The number of allylic oxidation sites excluding steroid dienone is 1. The summed E-state index contributed by atoms with van der Waals surface area (Å²) in [5.41, 5.74) is 2.55. The van der Waals surface area contributed by atoms with E-state index in [1.165, 1.54) is 0 Å². The highest BCUT2D eigenvalue weighted by Gasteiger charge is 2.32. The number of benzene rings is 1. The van der Waals surface area contributed by atoms with Gasteiger partial charge in [-0.1, -0.05) is 17.7 Å². The van der Waals surface area contributed by atoms with Crippen LogP contribution in [0.4, 0.5) is 0 Å². The van der Waals surface area contributed by atoms with Gasteiger partial charge in [0.2, 0.25) is 0 Å². The maximum atomic E-state index is 11.7. The molecular formula is C13H14O3. The van der Waals surface area contributed by atoms with Crippen molar-refractivity contribution in [3.8, 4) is 5.75 Å². The van der Waals surface area contributed by atoms with Gasteiger partial charge in [0.05, 0.1) is 7.11 Å². The van der Waals surface area contributed by atoms with E-state index >= 15 is 0 Å². The first-order valence-corrected chi connectivity index (χ1v) is 5.16. The first kappa shape index (κ1) is 10.7. The first-order valence-electron chi connectivity index (χ1n) is 5.16. The van der Waals surface area contributed by atoms with Gasteiger partial charge in [-0.25, -0.2) is 4.79 Å². The van der Waals surface area contributed by atoms with Crippen LogP contribution >= 0.6 is 0 Å². The van der Waals surface area contributed by atoms with Crippen molar-refractivity contribution in [3.63, 3.8) is 0 Å². The van der Waals surface area contributed by atoms with Gasteiger partial charge in [-0.05, 0) is 26.0 Å². The zero-order valence-corrected chi connectivity index (χ0v) is 9.61. The Morgan fingerprint density at radius 2 is 2.19 bits per heavy atom. The van der Waals surface area contributed by atoms with Gasteiger partial charge in [0, 0.05) is 5.56 Å². The number of carbonyl (C=O) groups is 1. The van der Waals surface area contributed by atoms with Gasteiger partial charge < -0.3 is 9.47 Å². The van der Waals surface area contributed by atoms with E-state index in [4.69, 9.17) is 9.47 Å². The van der Waals surface area contributed by atoms with E-state index in [-0.39, 0.29) is 12.1 Å². The van der Waals surface area contributed by atoms with Crippen LogP contribution < -0.4 is 4.74 Å². The summed E-state index contributed by atoms with van der Waals surface area (Å²) < 4.78 is 10.4. The lowest BCUT2D eigenvalue weighted by atomic mass is 10.0. The number of methoxy groups -OCH3 is 1. The number of hydrogen-bond donors (Lipinski definition) is 0. The van der Waals surface area contributed by atoms with Crippen molar-refractivity contribution in [1.82, 2.24) is 0 Å². The van der Waals surface area contributed by atoms with Gasteiger partial charge in [0.25, 0.3) is 0 Å². The van der Waals surface area contributed by atoms with Crippen molar-refractivity contribution >= 4 is 5.97 Å². The number of cyclic esters (lactones) is 1. The van der Waals surface area contributed by atoms with Gasteiger partial charge in [0.15, 0.2) is 0 Å². The molecule has 0 saturated heterocycles. The van der Waals surface area contributed by atoms with Crippen molar-refractivity contribution < 1.29 is 14.3 Å². The number of hydrogen-bond acceptors (Lipinski definition) is 3. The Balaban J connectivity index is 2.51. The average Bonchev–Trinajstić information content (AvgIpc) is 2.55. The van der Waals surface area contributed by atoms with Crippen LogP contribution in [0.25, 0.3) is 0 Å². The molecule has 2 rings (SSSR count). The second kappa shape index (κ2) is 4.00. The number of carbonyl (C=O) groups excluding carboxylic acids is 1. The normalized spacial score (nSPS) is 17.7. The molecule has 1 heterocycles. The van der Waals surface area contributed by atoms with Crippen LogP contribution in [-0.4, -0.2) is 13.1 Å². The number of ether oxygens (including phenoxy) is 2. The standard InChI is InChI=1S/C13H14O3/c1-8(2)7-11-9-5-4-6-10(15-3)12(9)13(14)16-11/h4-7,11H,1-3H3. The van der Waals surface area contributed by atoms with E-state index in [0.717, 1.165) is 11.1 Å². The molecule has 0 saturated carbocycles. The summed E-state index contributed by atoms with van der Waals surface area (Å²) in [5.74, 6) is 0.266. The van der Waals surface area contributed by atoms with Crippen molar-refractivity contribution in [2.75, 3.05) is 7.11 Å². The minimum Gasteiger partial charge on any atom is -0.496 e.